The molecule has 0 atom stereocenters. The van der Waals surface area contributed by atoms with Crippen molar-refractivity contribution in [3.63, 3.8) is 0 Å². The first-order valence-corrected chi connectivity index (χ1v) is 7.27. The molecule has 110 valence electrons. The fraction of sp³-hybridized carbons (Fsp3) is 0.529. The minimum Gasteiger partial charge on any atom is -0.389 e. The van der Waals surface area contributed by atoms with Gasteiger partial charge in [-0.05, 0) is 31.4 Å². The van der Waals surface area contributed by atoms with Gasteiger partial charge < -0.3 is 9.84 Å². The summed E-state index contributed by atoms with van der Waals surface area (Å²) in [5.74, 6) is 0. The third-order valence-electron chi connectivity index (χ3n) is 3.27. The maximum atomic E-state index is 10.1. The standard InChI is InChI=1S/C17H25NO2/c1-17(2,19)14-18(11-15-7-4-3-5-8-15)12-16-9-6-10-20-13-16/h3-5,7-9,19H,6,10-14H2,1-2H3. The van der Waals surface area contributed by atoms with E-state index in [9.17, 15) is 5.11 Å². The average Bonchev–Trinajstić information content (AvgIpc) is 2.39. The lowest BCUT2D eigenvalue weighted by Gasteiger charge is -2.30. The van der Waals surface area contributed by atoms with E-state index in [1.807, 2.05) is 19.9 Å². The molecule has 20 heavy (non-hydrogen) atoms. The molecule has 1 aromatic rings. The Morgan fingerprint density at radius 3 is 2.55 bits per heavy atom. The highest BCUT2D eigenvalue weighted by atomic mass is 16.5. The Bertz CT molecular complexity index is 434. The van der Waals surface area contributed by atoms with Crippen molar-refractivity contribution in [2.45, 2.75) is 32.4 Å². The fourth-order valence-electron chi connectivity index (χ4n) is 2.56. The molecule has 1 heterocycles. The molecule has 0 saturated carbocycles. The maximum Gasteiger partial charge on any atom is 0.0718 e. The van der Waals surface area contributed by atoms with Gasteiger partial charge in [-0.25, -0.2) is 0 Å². The van der Waals surface area contributed by atoms with Gasteiger partial charge in [0.15, 0.2) is 0 Å². The van der Waals surface area contributed by atoms with Gasteiger partial charge in [0, 0.05) is 19.6 Å². The van der Waals surface area contributed by atoms with E-state index < -0.39 is 5.60 Å². The van der Waals surface area contributed by atoms with Crippen LogP contribution in [0.3, 0.4) is 0 Å². The summed E-state index contributed by atoms with van der Waals surface area (Å²) in [5.41, 5.74) is 1.90. The van der Waals surface area contributed by atoms with Gasteiger partial charge >= 0.3 is 0 Å². The Morgan fingerprint density at radius 1 is 1.20 bits per heavy atom. The van der Waals surface area contributed by atoms with E-state index in [2.05, 4.69) is 35.2 Å². The van der Waals surface area contributed by atoms with Crippen LogP contribution in [0, 0.1) is 0 Å². The van der Waals surface area contributed by atoms with Crippen molar-refractivity contribution in [1.82, 2.24) is 4.90 Å². The van der Waals surface area contributed by atoms with E-state index in [0.717, 1.165) is 32.7 Å². The number of rotatable bonds is 6. The topological polar surface area (TPSA) is 32.7 Å². The van der Waals surface area contributed by atoms with Gasteiger partial charge in [-0.3, -0.25) is 4.90 Å². The van der Waals surface area contributed by atoms with Crippen LogP contribution in [0.1, 0.15) is 25.8 Å². The summed E-state index contributed by atoms with van der Waals surface area (Å²) in [6.45, 7) is 7.62. The SMILES string of the molecule is CC(C)(O)CN(CC1=CCCOC1)Cc1ccccc1. The number of hydrogen-bond acceptors (Lipinski definition) is 3. The van der Waals surface area contributed by atoms with Crippen LogP contribution in [0.15, 0.2) is 42.0 Å². The van der Waals surface area contributed by atoms with Gasteiger partial charge in [0.1, 0.15) is 0 Å². The first-order valence-electron chi connectivity index (χ1n) is 7.27. The molecule has 1 N–H and O–H groups in total. The summed E-state index contributed by atoms with van der Waals surface area (Å²) in [6, 6.07) is 10.4. The predicted octanol–water partition coefficient (Wildman–Crippen LogP) is 2.61. The highest BCUT2D eigenvalue weighted by molar-refractivity contribution is 5.15. The zero-order valence-electron chi connectivity index (χ0n) is 12.5. The summed E-state index contributed by atoms with van der Waals surface area (Å²) in [6.07, 6.45) is 3.27. The second-order valence-corrected chi connectivity index (χ2v) is 6.15. The molecule has 3 nitrogen and oxygen atoms in total. The van der Waals surface area contributed by atoms with Gasteiger partial charge in [-0.1, -0.05) is 36.4 Å². The lowest BCUT2D eigenvalue weighted by molar-refractivity contribution is 0.0344. The van der Waals surface area contributed by atoms with Gasteiger partial charge in [0.05, 0.1) is 18.8 Å². The molecular formula is C17H25NO2. The summed E-state index contributed by atoms with van der Waals surface area (Å²) in [5, 5.41) is 10.1. The lowest BCUT2D eigenvalue weighted by Crippen LogP contribution is -2.39. The molecule has 0 aliphatic carbocycles. The van der Waals surface area contributed by atoms with Gasteiger partial charge in [-0.15, -0.1) is 0 Å². The molecule has 0 bridgehead atoms. The van der Waals surface area contributed by atoms with E-state index in [4.69, 9.17) is 4.74 Å². The number of ether oxygens (including phenoxy) is 1. The fourth-order valence-corrected chi connectivity index (χ4v) is 2.56. The molecule has 0 amide bonds. The maximum absolute atomic E-state index is 10.1. The summed E-state index contributed by atoms with van der Waals surface area (Å²) >= 11 is 0. The van der Waals surface area contributed by atoms with Crippen LogP contribution in [0.4, 0.5) is 0 Å². The third-order valence-corrected chi connectivity index (χ3v) is 3.27. The van der Waals surface area contributed by atoms with Gasteiger partial charge in [0.2, 0.25) is 0 Å². The molecule has 0 fully saturated rings. The Labute approximate surface area is 121 Å². The van der Waals surface area contributed by atoms with Crippen LogP contribution in [0.2, 0.25) is 0 Å². The summed E-state index contributed by atoms with van der Waals surface area (Å²) < 4.78 is 5.51. The minimum atomic E-state index is -0.690. The second kappa shape index (κ2) is 7.02. The van der Waals surface area contributed by atoms with E-state index in [0.29, 0.717) is 6.54 Å². The highest BCUT2D eigenvalue weighted by Crippen LogP contribution is 2.14. The molecule has 0 radical (unpaired) electrons. The lowest BCUT2D eigenvalue weighted by atomic mass is 10.1. The molecule has 1 aliphatic heterocycles. The first kappa shape index (κ1) is 15.2. The average molecular weight is 275 g/mol. The van der Waals surface area contributed by atoms with Crippen LogP contribution >= 0.6 is 0 Å². The summed E-state index contributed by atoms with van der Waals surface area (Å²) in [7, 11) is 0. The molecule has 1 aromatic carbocycles. The van der Waals surface area contributed by atoms with Crippen molar-refractivity contribution in [1.29, 1.82) is 0 Å². The van der Waals surface area contributed by atoms with Crippen LogP contribution < -0.4 is 0 Å². The zero-order chi connectivity index (χ0) is 14.4. The Morgan fingerprint density at radius 2 is 1.95 bits per heavy atom. The van der Waals surface area contributed by atoms with Crippen molar-refractivity contribution in [3.05, 3.63) is 47.5 Å². The van der Waals surface area contributed by atoms with Crippen molar-refractivity contribution < 1.29 is 9.84 Å². The van der Waals surface area contributed by atoms with Crippen LogP contribution in [0.25, 0.3) is 0 Å². The summed E-state index contributed by atoms with van der Waals surface area (Å²) in [4.78, 5) is 2.29. The molecule has 0 saturated heterocycles. The largest absolute Gasteiger partial charge is 0.389 e. The molecule has 1 aliphatic rings. The molecule has 0 aromatic heterocycles. The minimum absolute atomic E-state index is 0.652. The predicted molar refractivity (Wildman–Crippen MR) is 81.5 cm³/mol. The monoisotopic (exact) mass is 275 g/mol. The Kier molecular flexibility index (Phi) is 5.35. The van der Waals surface area contributed by atoms with Crippen molar-refractivity contribution in [2.24, 2.45) is 0 Å². The third kappa shape index (κ3) is 5.45. The highest BCUT2D eigenvalue weighted by Gasteiger charge is 2.20. The molecule has 0 unspecified atom stereocenters. The van der Waals surface area contributed by atoms with Crippen molar-refractivity contribution in [2.75, 3.05) is 26.3 Å². The smallest absolute Gasteiger partial charge is 0.0718 e. The van der Waals surface area contributed by atoms with E-state index in [1.54, 1.807) is 0 Å². The van der Waals surface area contributed by atoms with Gasteiger partial charge in [-0.2, -0.15) is 0 Å². The molecule has 2 rings (SSSR count). The number of aliphatic hydroxyl groups is 1. The molecule has 3 heteroatoms. The van der Waals surface area contributed by atoms with E-state index in [-0.39, 0.29) is 0 Å². The first-order chi connectivity index (χ1) is 9.53. The van der Waals surface area contributed by atoms with Crippen molar-refractivity contribution in [3.8, 4) is 0 Å². The molecule has 0 spiro atoms. The zero-order valence-corrected chi connectivity index (χ0v) is 12.5. The Balaban J connectivity index is 2.02. The van der Waals surface area contributed by atoms with Crippen molar-refractivity contribution >= 4 is 0 Å². The van der Waals surface area contributed by atoms with Crippen LogP contribution in [0.5, 0.6) is 0 Å². The Hall–Kier alpha value is -1.16. The van der Waals surface area contributed by atoms with Crippen LogP contribution in [-0.4, -0.2) is 41.9 Å². The van der Waals surface area contributed by atoms with Crippen LogP contribution in [-0.2, 0) is 11.3 Å². The molecular weight excluding hydrogens is 250 g/mol. The normalized spacial score (nSPS) is 16.3. The van der Waals surface area contributed by atoms with E-state index in [1.165, 1.54) is 11.1 Å². The van der Waals surface area contributed by atoms with Gasteiger partial charge in [0.25, 0.3) is 0 Å². The number of benzene rings is 1. The number of hydrogen-bond donors (Lipinski definition) is 1. The quantitative estimate of drug-likeness (QED) is 0.810. The second-order valence-electron chi connectivity index (χ2n) is 6.15. The van der Waals surface area contributed by atoms with E-state index >= 15 is 0 Å². The number of nitrogens with zero attached hydrogens (tertiary/aromatic N) is 1.